The second-order valence-electron chi connectivity index (χ2n) is 2.36. The van der Waals surface area contributed by atoms with Crippen LogP contribution < -0.4 is 0 Å². The molecular weight excluding hydrogens is 212 g/mol. The van der Waals surface area contributed by atoms with E-state index in [1.165, 1.54) is 0 Å². The summed E-state index contributed by atoms with van der Waals surface area (Å²) in [6.07, 6.45) is -0.685. The second-order valence-corrected chi connectivity index (χ2v) is 3.23. The summed E-state index contributed by atoms with van der Waals surface area (Å²) >= 11 is 9.05. The summed E-state index contributed by atoms with van der Waals surface area (Å²) in [6.45, 7) is 0.266. The van der Waals surface area contributed by atoms with Crippen LogP contribution in [-0.4, -0.2) is 44.7 Å². The first-order valence-corrected chi connectivity index (χ1v) is 4.57. The van der Waals surface area contributed by atoms with Gasteiger partial charge in [-0.25, -0.2) is 0 Å². The normalized spacial score (nSPS) is 12.2. The first-order valence-electron chi connectivity index (χ1n) is 3.75. The molecule has 6 heteroatoms. The Labute approximate surface area is 87.1 Å². The van der Waals surface area contributed by atoms with Gasteiger partial charge in [-0.3, -0.25) is 0 Å². The Morgan fingerprint density at radius 2 is 2.00 bits per heavy atom. The monoisotopic (exact) mass is 224 g/mol. The van der Waals surface area contributed by atoms with Crippen molar-refractivity contribution in [3.8, 4) is 0 Å². The van der Waals surface area contributed by atoms with E-state index in [1.807, 2.05) is 0 Å². The zero-order valence-corrected chi connectivity index (χ0v) is 8.61. The highest BCUT2D eigenvalue weighted by Crippen LogP contribution is 1.99. The highest BCUT2D eigenvalue weighted by atomic mass is 32.1. The largest absolute Gasteiger partial charge is 0.502 e. The maximum Gasteiger partial charge on any atom is 0.189 e. The summed E-state index contributed by atoms with van der Waals surface area (Å²) in [7, 11) is 0. The van der Waals surface area contributed by atoms with Gasteiger partial charge in [0.25, 0.3) is 0 Å². The zero-order valence-electron chi connectivity index (χ0n) is 6.97. The quantitative estimate of drug-likeness (QED) is 0.447. The highest BCUT2D eigenvalue weighted by Gasteiger charge is 2.13. The van der Waals surface area contributed by atoms with Crippen LogP contribution in [0.1, 0.15) is 12.8 Å². The summed E-state index contributed by atoms with van der Waals surface area (Å²) in [6, 6.07) is 0. The minimum absolute atomic E-state index is 0.00940. The van der Waals surface area contributed by atoms with Crippen molar-refractivity contribution in [2.75, 3.05) is 13.2 Å². The molecule has 3 N–H and O–H groups in total. The Balaban J connectivity index is 3.63. The number of rotatable bonds is 6. The van der Waals surface area contributed by atoms with Gasteiger partial charge in [-0.2, -0.15) is 0 Å². The van der Waals surface area contributed by atoms with Crippen LogP contribution in [0.15, 0.2) is 0 Å². The second kappa shape index (κ2) is 7.14. The van der Waals surface area contributed by atoms with Crippen molar-refractivity contribution in [1.82, 2.24) is 0 Å². The van der Waals surface area contributed by atoms with Gasteiger partial charge in [-0.15, -0.1) is 0 Å². The molecule has 76 valence electrons. The van der Waals surface area contributed by atoms with Gasteiger partial charge in [-0.1, -0.05) is 0 Å². The van der Waals surface area contributed by atoms with Crippen molar-refractivity contribution in [3.05, 3.63) is 0 Å². The van der Waals surface area contributed by atoms with E-state index in [9.17, 15) is 5.11 Å². The SMILES string of the molecule is OCCCOC(=S)C(O)CC(O)=S. The van der Waals surface area contributed by atoms with Crippen LogP contribution in [0.3, 0.4) is 0 Å². The highest BCUT2D eigenvalue weighted by molar-refractivity contribution is 7.80. The maximum atomic E-state index is 9.21. The number of hydrogen-bond acceptors (Lipinski definition) is 5. The average Bonchev–Trinajstić information content (AvgIpc) is 2.03. The Kier molecular flexibility index (Phi) is 6.97. The molecule has 0 rings (SSSR count). The van der Waals surface area contributed by atoms with E-state index in [1.54, 1.807) is 0 Å². The fraction of sp³-hybridized carbons (Fsp3) is 0.714. The van der Waals surface area contributed by atoms with Crippen molar-refractivity contribution >= 4 is 34.5 Å². The molecule has 0 saturated heterocycles. The number of thiocarbonyl (C=S) groups is 2. The van der Waals surface area contributed by atoms with Crippen molar-refractivity contribution < 1.29 is 20.1 Å². The van der Waals surface area contributed by atoms with Crippen molar-refractivity contribution in [3.63, 3.8) is 0 Å². The van der Waals surface area contributed by atoms with Gasteiger partial charge < -0.3 is 20.1 Å². The number of aliphatic hydroxyl groups excluding tert-OH is 3. The smallest absolute Gasteiger partial charge is 0.189 e. The van der Waals surface area contributed by atoms with E-state index in [-0.39, 0.29) is 29.7 Å². The van der Waals surface area contributed by atoms with E-state index in [0.717, 1.165) is 0 Å². The minimum Gasteiger partial charge on any atom is -0.502 e. The molecule has 0 aliphatic heterocycles. The molecule has 0 spiro atoms. The third-order valence-corrected chi connectivity index (χ3v) is 1.74. The lowest BCUT2D eigenvalue weighted by molar-refractivity contribution is 0.179. The van der Waals surface area contributed by atoms with Crippen LogP contribution >= 0.6 is 24.4 Å². The maximum absolute atomic E-state index is 9.21. The molecule has 1 unspecified atom stereocenters. The van der Waals surface area contributed by atoms with Crippen LogP contribution in [0.4, 0.5) is 0 Å². The summed E-state index contributed by atoms with van der Waals surface area (Å²) in [5.41, 5.74) is 0. The molecule has 0 heterocycles. The Hall–Kier alpha value is -0.300. The topological polar surface area (TPSA) is 69.9 Å². The summed E-state index contributed by atoms with van der Waals surface area (Å²) in [4.78, 5) is 0. The predicted octanol–water partition coefficient (Wildman–Crippen LogP) is 0.349. The lowest BCUT2D eigenvalue weighted by Crippen LogP contribution is -2.24. The number of ether oxygens (including phenoxy) is 1. The Bertz CT molecular complexity index is 183. The van der Waals surface area contributed by atoms with Crippen LogP contribution in [0.5, 0.6) is 0 Å². The molecule has 0 aromatic heterocycles. The standard InChI is InChI=1S/C7H12O4S2/c8-2-1-3-11-7(13)5(9)4-6(10)12/h5,8-9H,1-4H2,(H,10,12). The van der Waals surface area contributed by atoms with Gasteiger partial charge in [0, 0.05) is 19.4 Å². The molecular formula is C7H12O4S2. The van der Waals surface area contributed by atoms with Gasteiger partial charge in [0.2, 0.25) is 0 Å². The zero-order chi connectivity index (χ0) is 10.3. The predicted molar refractivity (Wildman–Crippen MR) is 56.1 cm³/mol. The van der Waals surface area contributed by atoms with Crippen molar-refractivity contribution in [1.29, 1.82) is 0 Å². The van der Waals surface area contributed by atoms with Crippen LogP contribution in [0.2, 0.25) is 0 Å². The lowest BCUT2D eigenvalue weighted by atomic mass is 10.3. The molecule has 1 atom stereocenters. The minimum atomic E-state index is -1.05. The van der Waals surface area contributed by atoms with Crippen LogP contribution in [0.25, 0.3) is 0 Å². The molecule has 0 aromatic rings. The molecule has 13 heavy (non-hydrogen) atoms. The summed E-state index contributed by atoms with van der Waals surface area (Å²) in [5, 5.41) is 26.0. The molecule has 0 radical (unpaired) electrons. The van der Waals surface area contributed by atoms with Crippen LogP contribution in [0, 0.1) is 0 Å². The summed E-state index contributed by atoms with van der Waals surface area (Å²) in [5.74, 6) is 0. The molecule has 0 fully saturated rings. The van der Waals surface area contributed by atoms with Gasteiger partial charge in [-0.05, 0) is 24.4 Å². The third kappa shape index (κ3) is 6.83. The first kappa shape index (κ1) is 12.7. The molecule has 0 aliphatic rings. The third-order valence-electron chi connectivity index (χ3n) is 1.19. The molecule has 0 bridgehead atoms. The van der Waals surface area contributed by atoms with E-state index in [0.29, 0.717) is 6.42 Å². The Morgan fingerprint density at radius 3 is 2.46 bits per heavy atom. The van der Waals surface area contributed by atoms with E-state index in [4.69, 9.17) is 14.9 Å². The van der Waals surface area contributed by atoms with E-state index < -0.39 is 6.10 Å². The molecule has 0 saturated carbocycles. The summed E-state index contributed by atoms with van der Waals surface area (Å²) < 4.78 is 4.90. The van der Waals surface area contributed by atoms with Crippen LogP contribution in [-0.2, 0) is 4.74 Å². The molecule has 0 aliphatic carbocycles. The van der Waals surface area contributed by atoms with Gasteiger partial charge in [0.05, 0.1) is 6.61 Å². The van der Waals surface area contributed by atoms with Crippen molar-refractivity contribution in [2.45, 2.75) is 18.9 Å². The number of aliphatic hydroxyl groups is 3. The molecule has 4 nitrogen and oxygen atoms in total. The van der Waals surface area contributed by atoms with Gasteiger partial charge in [0.15, 0.2) is 10.1 Å². The average molecular weight is 224 g/mol. The Morgan fingerprint density at radius 1 is 1.38 bits per heavy atom. The molecule has 0 amide bonds. The lowest BCUT2D eigenvalue weighted by Gasteiger charge is -2.11. The fourth-order valence-electron chi connectivity index (χ4n) is 0.582. The first-order chi connectivity index (χ1) is 6.07. The fourth-order valence-corrected chi connectivity index (χ4v) is 0.907. The van der Waals surface area contributed by atoms with Crippen molar-refractivity contribution in [2.24, 2.45) is 0 Å². The van der Waals surface area contributed by atoms with E-state index in [2.05, 4.69) is 24.4 Å². The van der Waals surface area contributed by atoms with Gasteiger partial charge >= 0.3 is 0 Å². The van der Waals surface area contributed by atoms with E-state index >= 15 is 0 Å². The van der Waals surface area contributed by atoms with Gasteiger partial charge in [0.1, 0.15) is 6.10 Å². The molecule has 0 aromatic carbocycles. The number of hydrogen-bond donors (Lipinski definition) is 3.